The molecule has 6 heteroatoms. The molecule has 0 radical (unpaired) electrons. The highest BCUT2D eigenvalue weighted by molar-refractivity contribution is 6.30. The summed E-state index contributed by atoms with van der Waals surface area (Å²) in [5.74, 6) is 0. The second kappa shape index (κ2) is 5.00. The van der Waals surface area contributed by atoms with Gasteiger partial charge in [0.1, 0.15) is 0 Å². The second-order valence-corrected chi connectivity index (χ2v) is 4.75. The van der Waals surface area contributed by atoms with Crippen molar-refractivity contribution in [3.8, 4) is 0 Å². The van der Waals surface area contributed by atoms with Crippen LogP contribution in [0.4, 0.5) is 5.69 Å². The number of likely N-dealkylation sites (tertiary alicyclic amines) is 1. The predicted molar refractivity (Wildman–Crippen MR) is 66.0 cm³/mol. The first-order valence-electron chi connectivity index (χ1n) is 5.47. The number of halogens is 1. The highest BCUT2D eigenvalue weighted by atomic mass is 35.5. The van der Waals surface area contributed by atoms with Gasteiger partial charge in [0, 0.05) is 42.3 Å². The maximum Gasteiger partial charge on any atom is 0.275 e. The van der Waals surface area contributed by atoms with Gasteiger partial charge in [-0.05, 0) is 18.6 Å². The van der Waals surface area contributed by atoms with Crippen molar-refractivity contribution in [3.63, 3.8) is 0 Å². The molecule has 0 aliphatic carbocycles. The fourth-order valence-corrected chi connectivity index (χ4v) is 2.25. The monoisotopic (exact) mass is 255 g/mol. The minimum absolute atomic E-state index is 0.0815. The van der Waals surface area contributed by atoms with E-state index in [1.165, 1.54) is 6.07 Å². The molecule has 0 amide bonds. The molecule has 1 heterocycles. The molecular weight excluding hydrogens is 242 g/mol. The van der Waals surface area contributed by atoms with E-state index in [0.29, 0.717) is 17.1 Å². The average molecular weight is 256 g/mol. The zero-order valence-electron chi connectivity index (χ0n) is 9.30. The Kier molecular flexibility index (Phi) is 3.61. The normalized spacial score (nSPS) is 20.7. The largest absolute Gasteiger partial charge is 0.326 e. The molecule has 0 aromatic heterocycles. The Morgan fingerprint density at radius 1 is 1.59 bits per heavy atom. The quantitative estimate of drug-likeness (QED) is 0.660. The molecule has 1 aliphatic heterocycles. The van der Waals surface area contributed by atoms with Crippen LogP contribution in [0.5, 0.6) is 0 Å². The van der Waals surface area contributed by atoms with Crippen LogP contribution in [0.2, 0.25) is 5.02 Å². The number of nitro groups is 1. The van der Waals surface area contributed by atoms with Crippen molar-refractivity contribution in [3.05, 3.63) is 38.9 Å². The van der Waals surface area contributed by atoms with Crippen molar-refractivity contribution >= 4 is 17.3 Å². The van der Waals surface area contributed by atoms with Gasteiger partial charge in [-0.25, -0.2) is 0 Å². The van der Waals surface area contributed by atoms with Gasteiger partial charge >= 0.3 is 0 Å². The molecule has 0 saturated carbocycles. The van der Waals surface area contributed by atoms with E-state index in [2.05, 4.69) is 4.90 Å². The van der Waals surface area contributed by atoms with Gasteiger partial charge in [-0.2, -0.15) is 0 Å². The predicted octanol–water partition coefficient (Wildman–Crippen LogP) is 1.78. The zero-order chi connectivity index (χ0) is 12.4. The van der Waals surface area contributed by atoms with E-state index in [9.17, 15) is 10.1 Å². The van der Waals surface area contributed by atoms with Gasteiger partial charge in [0.05, 0.1) is 4.92 Å². The SMILES string of the molecule is NC1CCN(Cc2ccc(Cl)cc2[N+](=O)[O-])C1. The van der Waals surface area contributed by atoms with Crippen LogP contribution in [0.15, 0.2) is 18.2 Å². The third-order valence-electron chi connectivity index (χ3n) is 2.95. The van der Waals surface area contributed by atoms with E-state index in [1.54, 1.807) is 12.1 Å². The van der Waals surface area contributed by atoms with Crippen molar-refractivity contribution in [1.29, 1.82) is 0 Å². The average Bonchev–Trinajstić information content (AvgIpc) is 2.66. The summed E-state index contributed by atoms with van der Waals surface area (Å²) in [6.45, 7) is 2.24. The molecule has 0 spiro atoms. The van der Waals surface area contributed by atoms with Crippen LogP contribution in [0.25, 0.3) is 0 Å². The van der Waals surface area contributed by atoms with Gasteiger partial charge in [-0.3, -0.25) is 15.0 Å². The van der Waals surface area contributed by atoms with E-state index in [-0.39, 0.29) is 11.7 Å². The maximum absolute atomic E-state index is 10.9. The minimum atomic E-state index is -0.392. The molecule has 1 aromatic carbocycles. The lowest BCUT2D eigenvalue weighted by Gasteiger charge is -2.15. The van der Waals surface area contributed by atoms with Crippen LogP contribution in [0, 0.1) is 10.1 Å². The van der Waals surface area contributed by atoms with Crippen molar-refractivity contribution in [2.45, 2.75) is 19.0 Å². The zero-order valence-corrected chi connectivity index (χ0v) is 10.1. The summed E-state index contributed by atoms with van der Waals surface area (Å²) in [6, 6.07) is 4.97. The van der Waals surface area contributed by atoms with Crippen LogP contribution in [-0.2, 0) is 6.54 Å². The third-order valence-corrected chi connectivity index (χ3v) is 3.18. The Bertz CT molecular complexity index is 439. The van der Waals surface area contributed by atoms with E-state index in [0.717, 1.165) is 19.5 Å². The smallest absolute Gasteiger partial charge is 0.275 e. The van der Waals surface area contributed by atoms with Crippen LogP contribution >= 0.6 is 11.6 Å². The van der Waals surface area contributed by atoms with E-state index in [1.807, 2.05) is 0 Å². The van der Waals surface area contributed by atoms with E-state index in [4.69, 9.17) is 17.3 Å². The molecule has 92 valence electrons. The Morgan fingerprint density at radius 3 is 2.94 bits per heavy atom. The van der Waals surface area contributed by atoms with Gasteiger partial charge in [0.15, 0.2) is 0 Å². The summed E-state index contributed by atoms with van der Waals surface area (Å²) in [5, 5.41) is 11.3. The number of hydrogen-bond acceptors (Lipinski definition) is 4. The number of benzene rings is 1. The summed E-state index contributed by atoms with van der Waals surface area (Å²) in [5.41, 5.74) is 6.57. The Balaban J connectivity index is 2.17. The Morgan fingerprint density at radius 2 is 2.35 bits per heavy atom. The first-order chi connectivity index (χ1) is 8.06. The molecule has 1 atom stereocenters. The molecule has 5 nitrogen and oxygen atoms in total. The Hall–Kier alpha value is -1.17. The van der Waals surface area contributed by atoms with Crippen molar-refractivity contribution < 1.29 is 4.92 Å². The summed E-state index contributed by atoms with van der Waals surface area (Å²) in [6.07, 6.45) is 0.946. The molecule has 0 bridgehead atoms. The van der Waals surface area contributed by atoms with Crippen LogP contribution in [0.1, 0.15) is 12.0 Å². The summed E-state index contributed by atoms with van der Waals surface area (Å²) in [7, 11) is 0. The molecule has 1 saturated heterocycles. The van der Waals surface area contributed by atoms with E-state index < -0.39 is 4.92 Å². The molecule has 1 aliphatic rings. The first kappa shape index (κ1) is 12.3. The van der Waals surface area contributed by atoms with Gasteiger partial charge in [-0.1, -0.05) is 11.6 Å². The maximum atomic E-state index is 10.9. The molecule has 17 heavy (non-hydrogen) atoms. The van der Waals surface area contributed by atoms with Gasteiger partial charge in [0.25, 0.3) is 5.69 Å². The molecule has 2 rings (SSSR count). The summed E-state index contributed by atoms with van der Waals surface area (Å²) >= 11 is 5.76. The lowest BCUT2D eigenvalue weighted by Crippen LogP contribution is -2.26. The number of nitrogens with two attached hydrogens (primary N) is 1. The van der Waals surface area contributed by atoms with Crippen molar-refractivity contribution in [1.82, 2.24) is 4.90 Å². The van der Waals surface area contributed by atoms with Crippen molar-refractivity contribution in [2.24, 2.45) is 5.73 Å². The summed E-state index contributed by atoms with van der Waals surface area (Å²) in [4.78, 5) is 12.7. The fourth-order valence-electron chi connectivity index (χ4n) is 2.09. The number of hydrogen-bond donors (Lipinski definition) is 1. The lowest BCUT2D eigenvalue weighted by molar-refractivity contribution is -0.385. The fraction of sp³-hybridized carbons (Fsp3) is 0.455. The van der Waals surface area contributed by atoms with Gasteiger partial charge in [0.2, 0.25) is 0 Å². The van der Waals surface area contributed by atoms with Gasteiger partial charge in [-0.15, -0.1) is 0 Å². The van der Waals surface area contributed by atoms with Crippen LogP contribution in [0.3, 0.4) is 0 Å². The minimum Gasteiger partial charge on any atom is -0.326 e. The third kappa shape index (κ3) is 2.94. The highest BCUT2D eigenvalue weighted by Gasteiger charge is 2.22. The second-order valence-electron chi connectivity index (χ2n) is 4.31. The Labute approximate surface area is 104 Å². The number of nitrogens with zero attached hydrogens (tertiary/aromatic N) is 2. The van der Waals surface area contributed by atoms with Crippen molar-refractivity contribution in [2.75, 3.05) is 13.1 Å². The molecule has 1 aromatic rings. The number of nitro benzene ring substituents is 1. The molecular formula is C11H14ClN3O2. The highest BCUT2D eigenvalue weighted by Crippen LogP contribution is 2.25. The lowest BCUT2D eigenvalue weighted by atomic mass is 10.1. The van der Waals surface area contributed by atoms with Crippen LogP contribution < -0.4 is 5.73 Å². The molecule has 1 fully saturated rings. The first-order valence-corrected chi connectivity index (χ1v) is 5.85. The molecule has 2 N–H and O–H groups in total. The molecule has 1 unspecified atom stereocenters. The standard InChI is InChI=1S/C11H14ClN3O2/c12-9-2-1-8(11(5-9)15(16)17)6-14-4-3-10(13)7-14/h1-2,5,10H,3-4,6-7,13H2. The van der Waals surface area contributed by atoms with E-state index >= 15 is 0 Å². The number of rotatable bonds is 3. The summed E-state index contributed by atoms with van der Waals surface area (Å²) < 4.78 is 0. The van der Waals surface area contributed by atoms with Crippen LogP contribution in [-0.4, -0.2) is 29.0 Å². The van der Waals surface area contributed by atoms with Gasteiger partial charge < -0.3 is 5.73 Å². The topological polar surface area (TPSA) is 72.4 Å².